The van der Waals surface area contributed by atoms with Crippen molar-refractivity contribution in [2.75, 3.05) is 19.5 Å². The van der Waals surface area contributed by atoms with Crippen LogP contribution >= 0.6 is 0 Å². The molecular weight excluding hydrogens is 248 g/mol. The average Bonchev–Trinajstić information content (AvgIpc) is 2.76. The van der Waals surface area contributed by atoms with Crippen LogP contribution in [0.4, 0.5) is 5.69 Å². The minimum atomic E-state index is -0.875. The van der Waals surface area contributed by atoms with Crippen LogP contribution in [-0.2, 0) is 20.8 Å². The summed E-state index contributed by atoms with van der Waals surface area (Å²) in [5, 5.41) is 0. The van der Waals surface area contributed by atoms with E-state index in [9.17, 15) is 9.59 Å². The zero-order valence-electron chi connectivity index (χ0n) is 11.7. The number of aromatic nitrogens is 1. The Hall–Kier alpha value is -1.98. The molecule has 6 nitrogen and oxygen atoms in total. The number of nitrogens with zero attached hydrogens (tertiary/aromatic N) is 1. The van der Waals surface area contributed by atoms with Gasteiger partial charge < -0.3 is 19.8 Å². The average molecular weight is 268 g/mol. The summed E-state index contributed by atoms with van der Waals surface area (Å²) in [6.45, 7) is 5.77. The summed E-state index contributed by atoms with van der Waals surface area (Å²) >= 11 is 0. The normalized spacial score (nSPS) is 11.2. The van der Waals surface area contributed by atoms with Crippen molar-refractivity contribution >= 4 is 17.6 Å². The van der Waals surface area contributed by atoms with Gasteiger partial charge in [-0.05, 0) is 26.8 Å². The highest BCUT2D eigenvalue weighted by Gasteiger charge is 2.31. The molecule has 0 aliphatic heterocycles. The van der Waals surface area contributed by atoms with Crippen LogP contribution in [0.25, 0.3) is 0 Å². The molecule has 6 heteroatoms. The fourth-order valence-corrected chi connectivity index (χ4v) is 1.62. The molecule has 0 saturated heterocycles. The minimum absolute atomic E-state index is 0.0483. The minimum Gasteiger partial charge on any atom is -0.469 e. The second-order valence-electron chi connectivity index (χ2n) is 4.90. The number of aryl methyl sites for hydroxylation is 1. The molecule has 0 saturated carbocycles. The molecule has 1 heterocycles. The van der Waals surface area contributed by atoms with Gasteiger partial charge in [0.2, 0.25) is 0 Å². The van der Waals surface area contributed by atoms with Gasteiger partial charge in [0.15, 0.2) is 0 Å². The number of esters is 2. The second-order valence-corrected chi connectivity index (χ2v) is 4.90. The van der Waals surface area contributed by atoms with Gasteiger partial charge >= 0.3 is 11.9 Å². The Labute approximate surface area is 112 Å². The molecule has 0 aliphatic rings. The van der Waals surface area contributed by atoms with Gasteiger partial charge in [-0.25, -0.2) is 4.79 Å². The fraction of sp³-hybridized carbons (Fsp3) is 0.538. The second kappa shape index (κ2) is 5.77. The Balaban J connectivity index is 2.73. The molecule has 1 aromatic rings. The number of carbonyl (C=O) groups is 2. The highest BCUT2D eigenvalue weighted by atomic mass is 16.5. The van der Waals surface area contributed by atoms with E-state index in [1.54, 1.807) is 30.7 Å². The number of nitrogen functional groups attached to an aromatic ring is 1. The first-order valence-corrected chi connectivity index (χ1v) is 6.03. The quantitative estimate of drug-likeness (QED) is 0.817. The number of ether oxygens (including phenoxy) is 2. The molecule has 0 radical (unpaired) electrons. The largest absolute Gasteiger partial charge is 0.469 e. The van der Waals surface area contributed by atoms with E-state index in [1.165, 1.54) is 7.11 Å². The number of hydrogen-bond donors (Lipinski definition) is 1. The lowest BCUT2D eigenvalue weighted by Gasteiger charge is -2.20. The first-order valence-electron chi connectivity index (χ1n) is 6.03. The molecule has 0 amide bonds. The first-order chi connectivity index (χ1) is 8.81. The zero-order chi connectivity index (χ0) is 14.6. The lowest BCUT2D eigenvalue weighted by Crippen LogP contribution is -2.32. The molecule has 0 atom stereocenters. The van der Waals surface area contributed by atoms with Gasteiger partial charge in [-0.15, -0.1) is 0 Å². The third-order valence-electron chi connectivity index (χ3n) is 2.77. The molecule has 0 aliphatic carbocycles. The summed E-state index contributed by atoms with van der Waals surface area (Å²) in [5.74, 6) is -0.929. The van der Waals surface area contributed by atoms with Gasteiger partial charge in [-0.2, -0.15) is 0 Å². The predicted octanol–water partition coefficient (Wildman–Crippen LogP) is 1.45. The Bertz CT molecular complexity index is 477. The van der Waals surface area contributed by atoms with Gasteiger partial charge in [0, 0.05) is 12.7 Å². The maximum Gasteiger partial charge on any atom is 0.355 e. The topological polar surface area (TPSA) is 83.5 Å². The maximum absolute atomic E-state index is 11.9. The fourth-order valence-electron chi connectivity index (χ4n) is 1.62. The summed E-state index contributed by atoms with van der Waals surface area (Å²) in [7, 11) is 1.30. The number of carbonyl (C=O) groups excluding carboxylic acids is 2. The smallest absolute Gasteiger partial charge is 0.355 e. The molecule has 2 N–H and O–H groups in total. The van der Waals surface area contributed by atoms with Crippen LogP contribution in [0.3, 0.4) is 0 Å². The summed E-state index contributed by atoms with van der Waals surface area (Å²) in [4.78, 5) is 23.4. The Morgan fingerprint density at radius 2 is 2.05 bits per heavy atom. The van der Waals surface area contributed by atoms with Crippen LogP contribution < -0.4 is 5.73 Å². The van der Waals surface area contributed by atoms with Crippen LogP contribution in [0.15, 0.2) is 12.3 Å². The van der Waals surface area contributed by atoms with E-state index < -0.39 is 17.4 Å². The molecule has 0 aromatic carbocycles. The van der Waals surface area contributed by atoms with Crippen LogP contribution in [0.1, 0.15) is 31.3 Å². The molecule has 0 spiro atoms. The van der Waals surface area contributed by atoms with Crippen LogP contribution in [0, 0.1) is 5.41 Å². The lowest BCUT2D eigenvalue weighted by molar-refractivity contribution is -0.152. The van der Waals surface area contributed by atoms with Gasteiger partial charge in [0.05, 0.1) is 18.2 Å². The van der Waals surface area contributed by atoms with Gasteiger partial charge in [-0.1, -0.05) is 0 Å². The molecule has 0 bridgehead atoms. The lowest BCUT2D eigenvalue weighted by atomic mass is 9.95. The van der Waals surface area contributed by atoms with E-state index in [4.69, 9.17) is 10.5 Å². The standard InChI is InChI=1S/C13H20N2O4/c1-5-15-7-9(14)6-10(15)11(16)19-8-13(2,3)12(17)18-4/h6-7H,5,8,14H2,1-4H3. The van der Waals surface area contributed by atoms with Crippen molar-refractivity contribution in [2.24, 2.45) is 5.41 Å². The predicted molar refractivity (Wildman–Crippen MR) is 70.6 cm³/mol. The third-order valence-corrected chi connectivity index (χ3v) is 2.77. The monoisotopic (exact) mass is 268 g/mol. The molecule has 0 unspecified atom stereocenters. The van der Waals surface area contributed by atoms with Crippen molar-refractivity contribution < 1.29 is 19.1 Å². The number of nitrogens with two attached hydrogens (primary N) is 1. The summed E-state index contributed by atoms with van der Waals surface area (Å²) in [5.41, 5.74) is 5.64. The highest BCUT2D eigenvalue weighted by Crippen LogP contribution is 2.19. The van der Waals surface area contributed by atoms with E-state index in [0.29, 0.717) is 17.9 Å². The zero-order valence-corrected chi connectivity index (χ0v) is 11.7. The summed E-state index contributed by atoms with van der Waals surface area (Å²) in [6, 6.07) is 1.55. The Kier molecular flexibility index (Phi) is 4.58. The van der Waals surface area contributed by atoms with E-state index >= 15 is 0 Å². The van der Waals surface area contributed by atoms with E-state index in [2.05, 4.69) is 4.74 Å². The van der Waals surface area contributed by atoms with E-state index in [-0.39, 0.29) is 6.61 Å². The number of hydrogen-bond acceptors (Lipinski definition) is 5. The van der Waals surface area contributed by atoms with Gasteiger partial charge in [0.25, 0.3) is 0 Å². The van der Waals surface area contributed by atoms with Gasteiger partial charge in [-0.3, -0.25) is 4.79 Å². The molecular formula is C13H20N2O4. The summed E-state index contributed by atoms with van der Waals surface area (Å²) in [6.07, 6.45) is 1.67. The van der Waals surface area contributed by atoms with Crippen molar-refractivity contribution in [1.82, 2.24) is 4.57 Å². The number of anilines is 1. The van der Waals surface area contributed by atoms with Gasteiger partial charge in [0.1, 0.15) is 12.3 Å². The molecule has 1 aromatic heterocycles. The maximum atomic E-state index is 11.9. The van der Waals surface area contributed by atoms with Crippen molar-refractivity contribution in [3.05, 3.63) is 18.0 Å². The number of methoxy groups -OCH3 is 1. The molecule has 19 heavy (non-hydrogen) atoms. The SMILES string of the molecule is CCn1cc(N)cc1C(=O)OCC(C)(C)C(=O)OC. The molecule has 1 rings (SSSR count). The van der Waals surface area contributed by atoms with E-state index in [0.717, 1.165) is 0 Å². The Morgan fingerprint density at radius 1 is 1.42 bits per heavy atom. The number of rotatable bonds is 5. The van der Waals surface area contributed by atoms with Crippen molar-refractivity contribution in [1.29, 1.82) is 0 Å². The Morgan fingerprint density at radius 3 is 2.58 bits per heavy atom. The first kappa shape index (κ1) is 15.1. The highest BCUT2D eigenvalue weighted by molar-refractivity contribution is 5.89. The van der Waals surface area contributed by atoms with E-state index in [1.807, 2.05) is 6.92 Å². The molecule has 0 fully saturated rings. The van der Waals surface area contributed by atoms with Crippen molar-refractivity contribution in [3.8, 4) is 0 Å². The van der Waals surface area contributed by atoms with Crippen LogP contribution in [0.2, 0.25) is 0 Å². The third kappa shape index (κ3) is 3.49. The molecule has 106 valence electrons. The van der Waals surface area contributed by atoms with Crippen molar-refractivity contribution in [3.63, 3.8) is 0 Å². The van der Waals surface area contributed by atoms with Crippen molar-refractivity contribution in [2.45, 2.75) is 27.3 Å². The van der Waals surface area contributed by atoms with Crippen LogP contribution in [0.5, 0.6) is 0 Å². The van der Waals surface area contributed by atoms with Crippen LogP contribution in [-0.4, -0.2) is 30.2 Å². The summed E-state index contributed by atoms with van der Waals surface area (Å²) < 4.78 is 11.5.